The molecule has 0 fully saturated rings. The van der Waals surface area contributed by atoms with Crippen molar-refractivity contribution in [3.63, 3.8) is 0 Å². The van der Waals surface area contributed by atoms with Crippen molar-refractivity contribution in [2.75, 3.05) is 7.11 Å². The number of halogens is 1. The van der Waals surface area contributed by atoms with E-state index in [9.17, 15) is 4.79 Å². The Hall–Kier alpha value is -2.40. The predicted molar refractivity (Wildman–Crippen MR) is 102 cm³/mol. The third-order valence-electron chi connectivity index (χ3n) is 4.34. The Balaban J connectivity index is 1.71. The highest BCUT2D eigenvalue weighted by Crippen LogP contribution is 2.30. The number of hydrogen-bond acceptors (Lipinski definition) is 4. The standard InChI is InChI=1S/C21H20ClNO3/c1-25-21(23)12-11-17(22)13-19(21)20(24)16-7-9-18(10-8-16)26-14-15-5-3-2-4-6-15/h2-13,19H,14,23H2,1H3. The molecule has 2 aromatic carbocycles. The quantitative estimate of drug-likeness (QED) is 0.616. The van der Waals surface area contributed by atoms with Crippen LogP contribution in [0, 0.1) is 5.92 Å². The normalized spacial score (nSPS) is 22.0. The third kappa shape index (κ3) is 4.05. The molecule has 3 rings (SSSR count). The zero-order chi connectivity index (χ0) is 18.6. The summed E-state index contributed by atoms with van der Waals surface area (Å²) >= 11 is 6.04. The molecule has 0 saturated carbocycles. The van der Waals surface area contributed by atoms with Crippen LogP contribution >= 0.6 is 11.6 Å². The van der Waals surface area contributed by atoms with Crippen LogP contribution in [0.5, 0.6) is 5.75 Å². The van der Waals surface area contributed by atoms with E-state index in [4.69, 9.17) is 26.8 Å². The third-order valence-corrected chi connectivity index (χ3v) is 4.59. The predicted octanol–water partition coefficient (Wildman–Crippen LogP) is 4.06. The fraction of sp³-hybridized carbons (Fsp3) is 0.190. The van der Waals surface area contributed by atoms with Crippen LogP contribution in [0.4, 0.5) is 0 Å². The van der Waals surface area contributed by atoms with Gasteiger partial charge in [-0.3, -0.25) is 10.5 Å². The molecule has 5 heteroatoms. The number of benzene rings is 2. The summed E-state index contributed by atoms with van der Waals surface area (Å²) in [6.45, 7) is 0.468. The van der Waals surface area contributed by atoms with E-state index in [1.54, 1.807) is 42.5 Å². The molecule has 2 atom stereocenters. The number of ether oxygens (including phenoxy) is 2. The number of carbonyl (C=O) groups excluding carboxylic acids is 1. The van der Waals surface area contributed by atoms with E-state index in [1.807, 2.05) is 30.3 Å². The van der Waals surface area contributed by atoms with Crippen molar-refractivity contribution in [3.8, 4) is 5.75 Å². The molecule has 0 bridgehead atoms. The molecule has 0 amide bonds. The second-order valence-electron chi connectivity index (χ2n) is 6.08. The van der Waals surface area contributed by atoms with Gasteiger partial charge in [0.25, 0.3) is 0 Å². The molecule has 0 saturated heterocycles. The highest BCUT2D eigenvalue weighted by molar-refractivity contribution is 6.31. The van der Waals surface area contributed by atoms with Crippen LogP contribution in [0.25, 0.3) is 0 Å². The van der Waals surface area contributed by atoms with Gasteiger partial charge in [0.2, 0.25) is 0 Å². The van der Waals surface area contributed by atoms with Gasteiger partial charge in [-0.25, -0.2) is 0 Å². The smallest absolute Gasteiger partial charge is 0.174 e. The number of allylic oxidation sites excluding steroid dienone is 2. The van der Waals surface area contributed by atoms with Gasteiger partial charge in [0.05, 0.1) is 5.92 Å². The lowest BCUT2D eigenvalue weighted by Crippen LogP contribution is -2.50. The first-order valence-electron chi connectivity index (χ1n) is 8.23. The SMILES string of the molecule is COC1(N)C=CC(Cl)=CC1C(=O)c1ccc(OCc2ccccc2)cc1. The minimum Gasteiger partial charge on any atom is -0.489 e. The lowest BCUT2D eigenvalue weighted by molar-refractivity contribution is 0.00568. The maximum atomic E-state index is 12.9. The molecule has 0 heterocycles. The number of carbonyl (C=O) groups is 1. The number of rotatable bonds is 6. The van der Waals surface area contributed by atoms with Crippen molar-refractivity contribution < 1.29 is 14.3 Å². The number of nitrogens with two attached hydrogens (primary N) is 1. The maximum Gasteiger partial charge on any atom is 0.174 e. The van der Waals surface area contributed by atoms with Crippen molar-refractivity contribution in [2.45, 2.75) is 12.3 Å². The lowest BCUT2D eigenvalue weighted by Gasteiger charge is -2.33. The molecular formula is C21H20ClNO3. The highest BCUT2D eigenvalue weighted by atomic mass is 35.5. The van der Waals surface area contributed by atoms with E-state index in [-0.39, 0.29) is 5.78 Å². The molecule has 0 radical (unpaired) electrons. The molecule has 2 N–H and O–H groups in total. The zero-order valence-electron chi connectivity index (χ0n) is 14.4. The van der Waals surface area contributed by atoms with Gasteiger partial charge in [-0.15, -0.1) is 0 Å². The van der Waals surface area contributed by atoms with Gasteiger partial charge < -0.3 is 9.47 Å². The van der Waals surface area contributed by atoms with Crippen LogP contribution in [-0.2, 0) is 11.3 Å². The first-order chi connectivity index (χ1) is 12.5. The van der Waals surface area contributed by atoms with Gasteiger partial charge in [0.15, 0.2) is 5.78 Å². The fourth-order valence-electron chi connectivity index (χ4n) is 2.77. The number of hydrogen-bond donors (Lipinski definition) is 1. The van der Waals surface area contributed by atoms with Gasteiger partial charge in [-0.05, 0) is 42.0 Å². The van der Waals surface area contributed by atoms with E-state index in [1.165, 1.54) is 7.11 Å². The highest BCUT2D eigenvalue weighted by Gasteiger charge is 2.39. The van der Waals surface area contributed by atoms with Crippen LogP contribution in [0.15, 0.2) is 77.9 Å². The summed E-state index contributed by atoms with van der Waals surface area (Å²) < 4.78 is 11.1. The molecule has 134 valence electrons. The Bertz CT molecular complexity index is 830. The van der Waals surface area contributed by atoms with Crippen molar-refractivity contribution in [1.29, 1.82) is 0 Å². The summed E-state index contributed by atoms with van der Waals surface area (Å²) in [5, 5.41) is 0.462. The van der Waals surface area contributed by atoms with Crippen LogP contribution in [-0.4, -0.2) is 18.6 Å². The topological polar surface area (TPSA) is 61.5 Å². The number of Topliss-reactive ketones (excluding diaryl/α,β-unsaturated/α-hetero) is 1. The van der Waals surface area contributed by atoms with Crippen molar-refractivity contribution in [1.82, 2.24) is 0 Å². The van der Waals surface area contributed by atoms with Gasteiger partial charge >= 0.3 is 0 Å². The summed E-state index contributed by atoms with van der Waals surface area (Å²) in [6, 6.07) is 16.9. The van der Waals surface area contributed by atoms with Crippen LogP contribution in [0.2, 0.25) is 0 Å². The van der Waals surface area contributed by atoms with E-state index in [0.29, 0.717) is 23.0 Å². The molecule has 4 nitrogen and oxygen atoms in total. The summed E-state index contributed by atoms with van der Waals surface area (Å²) in [4.78, 5) is 12.9. The second-order valence-corrected chi connectivity index (χ2v) is 6.52. The Labute approximate surface area is 157 Å². The summed E-state index contributed by atoms with van der Waals surface area (Å²) in [6.07, 6.45) is 4.86. The van der Waals surface area contributed by atoms with Crippen LogP contribution in [0.1, 0.15) is 15.9 Å². The lowest BCUT2D eigenvalue weighted by atomic mass is 9.85. The molecule has 2 unspecified atom stereocenters. The Morgan fingerprint density at radius 1 is 1.15 bits per heavy atom. The zero-order valence-corrected chi connectivity index (χ0v) is 15.1. The Morgan fingerprint density at radius 2 is 1.85 bits per heavy atom. The first-order valence-corrected chi connectivity index (χ1v) is 8.61. The molecular weight excluding hydrogens is 350 g/mol. The molecule has 0 aliphatic heterocycles. The molecule has 1 aliphatic carbocycles. The monoisotopic (exact) mass is 369 g/mol. The van der Waals surface area contributed by atoms with Gasteiger partial charge in [-0.1, -0.05) is 48.0 Å². The van der Waals surface area contributed by atoms with Crippen LogP contribution < -0.4 is 10.5 Å². The minimum atomic E-state index is -1.21. The summed E-state index contributed by atoms with van der Waals surface area (Å²) in [5.74, 6) is -0.166. The van der Waals surface area contributed by atoms with E-state index in [2.05, 4.69) is 0 Å². The molecule has 0 spiro atoms. The van der Waals surface area contributed by atoms with E-state index < -0.39 is 11.6 Å². The summed E-state index contributed by atoms with van der Waals surface area (Å²) in [5.41, 5.74) is 6.57. The van der Waals surface area contributed by atoms with Crippen molar-refractivity contribution in [3.05, 3.63) is 89.0 Å². The van der Waals surface area contributed by atoms with Crippen molar-refractivity contribution >= 4 is 17.4 Å². The average molecular weight is 370 g/mol. The van der Waals surface area contributed by atoms with E-state index in [0.717, 1.165) is 5.56 Å². The first kappa shape index (κ1) is 18.4. The Kier molecular flexibility index (Phi) is 5.57. The maximum absolute atomic E-state index is 12.9. The fourth-order valence-corrected chi connectivity index (χ4v) is 2.96. The second kappa shape index (κ2) is 7.87. The Morgan fingerprint density at radius 3 is 2.50 bits per heavy atom. The molecule has 1 aliphatic rings. The van der Waals surface area contributed by atoms with Gasteiger partial charge in [0, 0.05) is 17.7 Å². The summed E-state index contributed by atoms with van der Waals surface area (Å²) in [7, 11) is 1.47. The van der Waals surface area contributed by atoms with Gasteiger partial charge in [0.1, 0.15) is 18.1 Å². The largest absolute Gasteiger partial charge is 0.489 e. The molecule has 0 aromatic heterocycles. The van der Waals surface area contributed by atoms with Crippen LogP contribution in [0.3, 0.4) is 0 Å². The average Bonchev–Trinajstić information content (AvgIpc) is 2.69. The van der Waals surface area contributed by atoms with Gasteiger partial charge in [-0.2, -0.15) is 0 Å². The minimum absolute atomic E-state index is 0.161. The number of ketones is 1. The van der Waals surface area contributed by atoms with Crippen molar-refractivity contribution in [2.24, 2.45) is 11.7 Å². The number of methoxy groups -OCH3 is 1. The molecule has 26 heavy (non-hydrogen) atoms. The van der Waals surface area contributed by atoms with E-state index >= 15 is 0 Å². The molecule has 2 aromatic rings.